The molecule has 0 unspecified atom stereocenters. The maximum Gasteiger partial charge on any atom is 0.264 e. The lowest BCUT2D eigenvalue weighted by atomic mass is 10.1. The number of nitrogens with zero attached hydrogens (tertiary/aromatic N) is 1. The van der Waals surface area contributed by atoms with E-state index in [0.29, 0.717) is 6.42 Å². The SMILES string of the molecule is N[C@@H](Cc1cnc[nH]1)C(=[17O])NCCCS(=O)(=O)O. The molecule has 1 rings (SSSR count). The molecule has 0 spiro atoms. The lowest BCUT2D eigenvalue weighted by Crippen LogP contribution is -2.42. The Labute approximate surface area is 105 Å². The molecule has 102 valence electrons. The largest absolute Gasteiger partial charge is 0.355 e. The summed E-state index contributed by atoms with van der Waals surface area (Å²) in [7, 11) is -3.98. The number of amides is 1. The van der Waals surface area contributed by atoms with Gasteiger partial charge >= 0.3 is 0 Å². The molecule has 1 aromatic heterocycles. The minimum atomic E-state index is -3.98. The Bertz CT molecular complexity index is 471. The summed E-state index contributed by atoms with van der Waals surface area (Å²) in [4.78, 5) is 18.1. The number of hydrogen-bond donors (Lipinski definition) is 4. The minimum Gasteiger partial charge on any atom is -0.355 e. The monoisotopic (exact) mass is 277 g/mol. The first-order chi connectivity index (χ1) is 8.38. The van der Waals surface area contributed by atoms with Gasteiger partial charge in [0.2, 0.25) is 5.91 Å². The highest BCUT2D eigenvalue weighted by molar-refractivity contribution is 7.85. The Morgan fingerprint density at radius 2 is 2.39 bits per heavy atom. The predicted octanol–water partition coefficient (Wildman–Crippen LogP) is -1.33. The smallest absolute Gasteiger partial charge is 0.264 e. The lowest BCUT2D eigenvalue weighted by Gasteiger charge is -2.10. The van der Waals surface area contributed by atoms with E-state index in [1.807, 2.05) is 0 Å². The van der Waals surface area contributed by atoms with Gasteiger partial charge in [-0.15, -0.1) is 0 Å². The van der Waals surface area contributed by atoms with Gasteiger partial charge in [-0.3, -0.25) is 9.35 Å². The zero-order valence-electron chi connectivity index (χ0n) is 9.67. The normalized spacial score (nSPS) is 13.2. The molecular formula is C9H16N4O4S. The van der Waals surface area contributed by atoms with Crippen molar-refractivity contribution in [2.75, 3.05) is 12.3 Å². The molecule has 0 aliphatic carbocycles. The van der Waals surface area contributed by atoms with Crippen LogP contribution in [0.4, 0.5) is 0 Å². The van der Waals surface area contributed by atoms with Crippen molar-refractivity contribution in [1.82, 2.24) is 15.3 Å². The Kier molecular flexibility index (Phi) is 5.25. The molecule has 5 N–H and O–H groups in total. The molecule has 0 bridgehead atoms. The van der Waals surface area contributed by atoms with Gasteiger partial charge in [-0.05, 0) is 6.42 Å². The molecule has 1 amide bonds. The van der Waals surface area contributed by atoms with Gasteiger partial charge in [-0.25, -0.2) is 4.98 Å². The van der Waals surface area contributed by atoms with Crippen molar-refractivity contribution in [3.8, 4) is 0 Å². The molecule has 0 fully saturated rings. The maximum absolute atomic E-state index is 11.5. The van der Waals surface area contributed by atoms with E-state index >= 15 is 0 Å². The summed E-state index contributed by atoms with van der Waals surface area (Å²) in [6, 6.07) is -0.726. The number of hydrogen-bond acceptors (Lipinski definition) is 5. The van der Waals surface area contributed by atoms with E-state index in [2.05, 4.69) is 15.3 Å². The number of imidazole rings is 1. The van der Waals surface area contributed by atoms with Crippen LogP contribution in [-0.2, 0) is 21.3 Å². The van der Waals surface area contributed by atoms with E-state index in [0.717, 1.165) is 5.69 Å². The highest BCUT2D eigenvalue weighted by atomic mass is 32.2. The second-order valence-corrected chi connectivity index (χ2v) is 5.39. The van der Waals surface area contributed by atoms with Crippen LogP contribution in [0.15, 0.2) is 12.5 Å². The topological polar surface area (TPSA) is 138 Å². The molecule has 0 saturated carbocycles. The Hall–Kier alpha value is -1.45. The molecule has 18 heavy (non-hydrogen) atoms. The van der Waals surface area contributed by atoms with Crippen LogP contribution in [0.2, 0.25) is 0 Å². The van der Waals surface area contributed by atoms with Gasteiger partial charge in [-0.2, -0.15) is 8.42 Å². The van der Waals surface area contributed by atoms with Gasteiger partial charge in [0.25, 0.3) is 10.1 Å². The van der Waals surface area contributed by atoms with E-state index in [-0.39, 0.29) is 24.6 Å². The zero-order chi connectivity index (χ0) is 13.6. The fraction of sp³-hybridized carbons (Fsp3) is 0.556. The summed E-state index contributed by atoms with van der Waals surface area (Å²) in [5.41, 5.74) is 6.39. The molecule has 8 nitrogen and oxygen atoms in total. The van der Waals surface area contributed by atoms with Crippen LogP contribution in [0.5, 0.6) is 0 Å². The molecule has 0 aliphatic rings. The predicted molar refractivity (Wildman–Crippen MR) is 64.3 cm³/mol. The van der Waals surface area contributed by atoms with Gasteiger partial charge in [-0.1, -0.05) is 0 Å². The van der Waals surface area contributed by atoms with Gasteiger partial charge in [0.1, 0.15) is 0 Å². The van der Waals surface area contributed by atoms with Crippen LogP contribution >= 0.6 is 0 Å². The van der Waals surface area contributed by atoms with Crippen molar-refractivity contribution in [3.05, 3.63) is 18.2 Å². The molecule has 1 atom stereocenters. The quantitative estimate of drug-likeness (QED) is 0.360. The van der Waals surface area contributed by atoms with Crippen molar-refractivity contribution in [2.24, 2.45) is 5.73 Å². The van der Waals surface area contributed by atoms with E-state index < -0.39 is 16.2 Å². The first kappa shape index (κ1) is 14.6. The summed E-state index contributed by atoms with van der Waals surface area (Å²) in [5.74, 6) is -0.761. The minimum absolute atomic E-state index is 0.140. The first-order valence-corrected chi connectivity index (χ1v) is 6.95. The van der Waals surface area contributed by atoms with Gasteiger partial charge in [0, 0.05) is 24.9 Å². The van der Waals surface area contributed by atoms with Crippen LogP contribution in [0, 0.1) is 0 Å². The Morgan fingerprint density at radius 1 is 1.67 bits per heavy atom. The molecule has 9 heteroatoms. The zero-order valence-corrected chi connectivity index (χ0v) is 10.5. The number of rotatable bonds is 7. The van der Waals surface area contributed by atoms with E-state index in [1.54, 1.807) is 6.20 Å². The van der Waals surface area contributed by atoms with Crippen LogP contribution in [0.3, 0.4) is 0 Å². The molecule has 0 saturated heterocycles. The van der Waals surface area contributed by atoms with E-state index in [1.165, 1.54) is 6.33 Å². The molecule has 0 aliphatic heterocycles. The van der Waals surface area contributed by atoms with Crippen molar-refractivity contribution in [1.29, 1.82) is 0 Å². The summed E-state index contributed by atoms with van der Waals surface area (Å²) in [5, 5.41) is 2.49. The van der Waals surface area contributed by atoms with Crippen molar-refractivity contribution in [2.45, 2.75) is 18.9 Å². The van der Waals surface area contributed by atoms with Crippen LogP contribution in [0.25, 0.3) is 0 Å². The number of carbonyl (C=O) groups is 1. The second kappa shape index (κ2) is 6.47. The summed E-state index contributed by atoms with van der Waals surface area (Å²) in [6.45, 7) is 0.148. The summed E-state index contributed by atoms with van der Waals surface area (Å²) in [6.07, 6.45) is 3.53. The maximum atomic E-state index is 11.5. The van der Waals surface area contributed by atoms with Crippen molar-refractivity contribution >= 4 is 16.0 Å². The average molecular weight is 277 g/mol. The molecule has 1 heterocycles. The summed E-state index contributed by atoms with van der Waals surface area (Å²) < 4.78 is 29.3. The number of aromatic nitrogens is 2. The molecule has 0 aromatic carbocycles. The molecule has 1 aromatic rings. The van der Waals surface area contributed by atoms with Crippen LogP contribution in [-0.4, -0.2) is 47.2 Å². The third-order valence-electron chi connectivity index (χ3n) is 2.21. The third kappa shape index (κ3) is 5.75. The van der Waals surface area contributed by atoms with Crippen LogP contribution < -0.4 is 11.1 Å². The molecule has 0 radical (unpaired) electrons. The number of H-pyrrole nitrogens is 1. The molecular weight excluding hydrogens is 261 g/mol. The number of nitrogens with two attached hydrogens (primary N) is 1. The van der Waals surface area contributed by atoms with Crippen LogP contribution in [0.1, 0.15) is 12.1 Å². The second-order valence-electron chi connectivity index (χ2n) is 3.82. The first-order valence-electron chi connectivity index (χ1n) is 5.34. The highest BCUT2D eigenvalue weighted by Crippen LogP contribution is 1.96. The van der Waals surface area contributed by atoms with E-state index in [4.69, 9.17) is 10.3 Å². The number of carbonyl (C=O) groups excluding carboxylic acids is 1. The van der Waals surface area contributed by atoms with Crippen molar-refractivity contribution < 1.29 is 17.8 Å². The third-order valence-corrected chi connectivity index (χ3v) is 3.01. The fourth-order valence-corrected chi connectivity index (χ4v) is 1.83. The summed E-state index contributed by atoms with van der Waals surface area (Å²) >= 11 is 0. The van der Waals surface area contributed by atoms with Gasteiger partial charge in [0.15, 0.2) is 0 Å². The van der Waals surface area contributed by atoms with Crippen molar-refractivity contribution in [3.63, 3.8) is 0 Å². The Balaban J connectivity index is 2.24. The highest BCUT2D eigenvalue weighted by Gasteiger charge is 2.14. The van der Waals surface area contributed by atoms with Gasteiger partial charge in [0.05, 0.1) is 18.1 Å². The van der Waals surface area contributed by atoms with E-state index in [9.17, 15) is 13.2 Å². The average Bonchev–Trinajstić information content (AvgIpc) is 2.75. The Morgan fingerprint density at radius 3 is 2.94 bits per heavy atom. The van der Waals surface area contributed by atoms with Gasteiger partial charge < -0.3 is 16.0 Å². The number of nitrogens with one attached hydrogen (secondary N) is 2. The standard InChI is InChI=1S/C9H16N4O4S/c10-8(4-7-5-11-6-13-7)9(14)12-2-1-3-18(15,16)17/h5-6,8H,1-4,10H2,(H,11,13)(H,12,14)(H,15,16,17)/t8-/m0/s1/i14+1. The lowest BCUT2D eigenvalue weighted by molar-refractivity contribution is -0.122. The fourth-order valence-electron chi connectivity index (χ4n) is 1.32. The number of aromatic amines is 1.